The van der Waals surface area contributed by atoms with Crippen LogP contribution in [0.15, 0.2) is 22.7 Å². The van der Waals surface area contributed by atoms with E-state index in [0.717, 1.165) is 10.2 Å². The van der Waals surface area contributed by atoms with Crippen LogP contribution in [0.25, 0.3) is 0 Å². The van der Waals surface area contributed by atoms with Crippen molar-refractivity contribution in [3.63, 3.8) is 0 Å². The molecule has 1 rings (SSSR count). The minimum absolute atomic E-state index is 0.539. The summed E-state index contributed by atoms with van der Waals surface area (Å²) in [7, 11) is 1.67. The molecule has 0 radical (unpaired) electrons. The molecule has 0 amide bonds. The van der Waals surface area contributed by atoms with Crippen LogP contribution in [-0.4, -0.2) is 13.8 Å². The van der Waals surface area contributed by atoms with E-state index < -0.39 is 0 Å². The van der Waals surface area contributed by atoms with Gasteiger partial charge in [-0.1, -0.05) is 22.0 Å². The van der Waals surface area contributed by atoms with Crippen molar-refractivity contribution in [2.75, 3.05) is 19.2 Å². The summed E-state index contributed by atoms with van der Waals surface area (Å²) in [6.07, 6.45) is 0. The summed E-state index contributed by atoms with van der Waals surface area (Å²) >= 11 is 3.41. The Morgan fingerprint density at radius 3 is 2.92 bits per heavy atom. The van der Waals surface area contributed by atoms with Crippen LogP contribution >= 0.6 is 15.9 Å². The molecular formula is C9H12BrNO. The van der Waals surface area contributed by atoms with Crippen LogP contribution in [0.1, 0.15) is 5.56 Å². The smallest absolute Gasteiger partial charge is 0.116 e. The van der Waals surface area contributed by atoms with Crippen molar-refractivity contribution in [3.05, 3.63) is 28.2 Å². The Bertz CT molecular complexity index is 263. The van der Waals surface area contributed by atoms with Gasteiger partial charge in [0.25, 0.3) is 0 Å². The second-order valence-corrected chi connectivity index (χ2v) is 3.48. The Labute approximate surface area is 81.1 Å². The van der Waals surface area contributed by atoms with Crippen LogP contribution in [-0.2, 0) is 4.74 Å². The minimum atomic E-state index is 0.539. The number of hydrogen-bond acceptors (Lipinski definition) is 2. The third kappa shape index (κ3) is 2.50. The molecule has 0 atom stereocenters. The molecule has 0 heterocycles. The molecule has 0 aliphatic carbocycles. The predicted molar refractivity (Wildman–Crippen MR) is 54.4 cm³/mol. The maximum Gasteiger partial charge on any atom is 0.116 e. The van der Waals surface area contributed by atoms with Crippen LogP contribution in [0.5, 0.6) is 0 Å². The lowest BCUT2D eigenvalue weighted by molar-refractivity contribution is 0.221. The predicted octanol–water partition coefficient (Wildman–Crippen LogP) is 2.77. The zero-order valence-electron chi connectivity index (χ0n) is 7.23. The maximum atomic E-state index is 4.91. The third-order valence-corrected chi connectivity index (χ3v) is 2.10. The highest BCUT2D eigenvalue weighted by Gasteiger charge is 1.96. The highest BCUT2D eigenvalue weighted by Crippen LogP contribution is 2.20. The van der Waals surface area contributed by atoms with Crippen LogP contribution in [0.3, 0.4) is 0 Å². The second kappa shape index (κ2) is 4.48. The summed E-state index contributed by atoms with van der Waals surface area (Å²) in [5, 5.41) is 3.15. The van der Waals surface area contributed by atoms with E-state index in [-0.39, 0.29) is 0 Å². The number of hydrogen-bond donors (Lipinski definition) is 1. The van der Waals surface area contributed by atoms with E-state index >= 15 is 0 Å². The fourth-order valence-electron chi connectivity index (χ4n) is 0.935. The number of aryl methyl sites for hydroxylation is 1. The van der Waals surface area contributed by atoms with Gasteiger partial charge < -0.3 is 10.1 Å². The van der Waals surface area contributed by atoms with Gasteiger partial charge in [-0.3, -0.25) is 0 Å². The molecular weight excluding hydrogens is 218 g/mol. The fraction of sp³-hybridized carbons (Fsp3) is 0.333. The first kappa shape index (κ1) is 9.55. The van der Waals surface area contributed by atoms with E-state index in [9.17, 15) is 0 Å². The summed E-state index contributed by atoms with van der Waals surface area (Å²) in [5.41, 5.74) is 2.32. The van der Waals surface area contributed by atoms with Crippen LogP contribution in [0.4, 0.5) is 5.69 Å². The molecule has 0 aliphatic rings. The summed E-state index contributed by atoms with van der Waals surface area (Å²) in [4.78, 5) is 0. The van der Waals surface area contributed by atoms with Gasteiger partial charge in [-0.05, 0) is 24.6 Å². The fourth-order valence-corrected chi connectivity index (χ4v) is 1.30. The lowest BCUT2D eigenvalue weighted by atomic mass is 10.2. The van der Waals surface area contributed by atoms with Crippen molar-refractivity contribution in [2.24, 2.45) is 0 Å². The lowest BCUT2D eigenvalue weighted by Crippen LogP contribution is -2.04. The van der Waals surface area contributed by atoms with Gasteiger partial charge in [0.05, 0.1) is 0 Å². The van der Waals surface area contributed by atoms with E-state index in [0.29, 0.717) is 6.73 Å². The first-order chi connectivity index (χ1) is 5.74. The number of methoxy groups -OCH3 is 1. The zero-order valence-corrected chi connectivity index (χ0v) is 8.81. The van der Waals surface area contributed by atoms with Gasteiger partial charge in [-0.15, -0.1) is 0 Å². The summed E-state index contributed by atoms with van der Waals surface area (Å²) in [6.45, 7) is 2.60. The van der Waals surface area contributed by atoms with Crippen LogP contribution in [0.2, 0.25) is 0 Å². The third-order valence-electron chi connectivity index (χ3n) is 1.61. The molecule has 0 saturated carbocycles. The quantitative estimate of drug-likeness (QED) is 0.806. The Balaban J connectivity index is 2.75. The first-order valence-corrected chi connectivity index (χ1v) is 4.52. The normalized spacial score (nSPS) is 9.92. The van der Waals surface area contributed by atoms with Crippen molar-refractivity contribution in [1.82, 2.24) is 0 Å². The summed E-state index contributed by atoms with van der Waals surface area (Å²) in [5.74, 6) is 0. The minimum Gasteiger partial charge on any atom is -0.365 e. The SMILES string of the molecule is COCNc1cc(Br)ccc1C. The van der Waals surface area contributed by atoms with Crippen LogP contribution in [0, 0.1) is 6.92 Å². The van der Waals surface area contributed by atoms with Gasteiger partial charge in [0.1, 0.15) is 6.73 Å². The molecule has 1 aromatic rings. The summed E-state index contributed by atoms with van der Waals surface area (Å²) < 4.78 is 5.99. The van der Waals surface area contributed by atoms with Gasteiger partial charge in [-0.2, -0.15) is 0 Å². The van der Waals surface area contributed by atoms with Crippen LogP contribution < -0.4 is 5.32 Å². The molecule has 0 fully saturated rings. The number of ether oxygens (including phenoxy) is 1. The largest absolute Gasteiger partial charge is 0.365 e. The van der Waals surface area contributed by atoms with E-state index in [4.69, 9.17) is 4.74 Å². The standard InChI is InChI=1S/C9H12BrNO/c1-7-3-4-8(10)5-9(7)11-6-12-2/h3-5,11H,6H2,1-2H3. The highest BCUT2D eigenvalue weighted by atomic mass is 79.9. The van der Waals surface area contributed by atoms with Crippen molar-refractivity contribution >= 4 is 21.6 Å². The van der Waals surface area contributed by atoms with Crippen molar-refractivity contribution in [1.29, 1.82) is 0 Å². The van der Waals surface area contributed by atoms with Gasteiger partial charge in [0, 0.05) is 17.3 Å². The summed E-state index contributed by atoms with van der Waals surface area (Å²) in [6, 6.07) is 6.11. The molecule has 12 heavy (non-hydrogen) atoms. The van der Waals surface area contributed by atoms with E-state index in [1.807, 2.05) is 12.1 Å². The van der Waals surface area contributed by atoms with Gasteiger partial charge >= 0.3 is 0 Å². The molecule has 66 valence electrons. The van der Waals surface area contributed by atoms with Gasteiger partial charge in [0.15, 0.2) is 0 Å². The number of halogens is 1. The van der Waals surface area contributed by atoms with Crippen molar-refractivity contribution in [2.45, 2.75) is 6.92 Å². The lowest BCUT2D eigenvalue weighted by Gasteiger charge is -2.08. The maximum absolute atomic E-state index is 4.91. The number of nitrogens with one attached hydrogen (secondary N) is 1. The zero-order chi connectivity index (χ0) is 8.97. The molecule has 0 aromatic heterocycles. The molecule has 3 heteroatoms. The van der Waals surface area contributed by atoms with E-state index in [2.05, 4.69) is 34.2 Å². The van der Waals surface area contributed by atoms with Crippen molar-refractivity contribution < 1.29 is 4.74 Å². The molecule has 1 aromatic carbocycles. The number of benzene rings is 1. The van der Waals surface area contributed by atoms with Gasteiger partial charge in [0.2, 0.25) is 0 Å². The first-order valence-electron chi connectivity index (χ1n) is 3.73. The molecule has 0 unspecified atom stereocenters. The molecule has 0 aliphatic heterocycles. The molecule has 0 spiro atoms. The van der Waals surface area contributed by atoms with Crippen molar-refractivity contribution in [3.8, 4) is 0 Å². The van der Waals surface area contributed by atoms with E-state index in [1.165, 1.54) is 5.56 Å². The average molecular weight is 230 g/mol. The molecule has 1 N–H and O–H groups in total. The Kier molecular flexibility index (Phi) is 3.56. The molecule has 0 saturated heterocycles. The Morgan fingerprint density at radius 2 is 2.25 bits per heavy atom. The average Bonchev–Trinajstić information content (AvgIpc) is 2.07. The van der Waals surface area contributed by atoms with Gasteiger partial charge in [-0.25, -0.2) is 0 Å². The monoisotopic (exact) mass is 229 g/mol. The topological polar surface area (TPSA) is 21.3 Å². The van der Waals surface area contributed by atoms with E-state index in [1.54, 1.807) is 7.11 Å². The number of rotatable bonds is 3. The second-order valence-electron chi connectivity index (χ2n) is 2.57. The Morgan fingerprint density at radius 1 is 1.50 bits per heavy atom. The molecule has 0 bridgehead atoms. The number of anilines is 1. The Hall–Kier alpha value is -0.540. The molecule has 2 nitrogen and oxygen atoms in total. The highest BCUT2D eigenvalue weighted by molar-refractivity contribution is 9.10.